The third kappa shape index (κ3) is 11.8. The molecule has 336 valence electrons. The molecule has 7 N–H and O–H groups in total. The SMILES string of the molecule is CC[C@H]1OC(=O)[C@H](C)[C@@H](O[C@H]2C[C@@](C)(OC)[C@@H](O)[C@H](C)O2)[C@H](C)[C@@H](O[C@@H]2O[C@H](C)C[C@H](N(C)CC(O)C(C)O)[C@H]2O)[C@](C)(O)C[C@@H](C)CN(C)[C@H](C)[C@@H](O)[C@]1(C)O. The van der Waals surface area contributed by atoms with Gasteiger partial charge in [0.1, 0.15) is 30.0 Å². The Bertz CT molecular complexity index is 1260. The van der Waals surface area contributed by atoms with Crippen LogP contribution in [0.2, 0.25) is 0 Å². The molecule has 0 radical (unpaired) electrons. The monoisotopic (exact) mass is 823 g/mol. The van der Waals surface area contributed by atoms with E-state index in [0.29, 0.717) is 13.0 Å². The Balaban J connectivity index is 2.17. The van der Waals surface area contributed by atoms with Crippen molar-refractivity contribution >= 4 is 5.97 Å². The van der Waals surface area contributed by atoms with E-state index in [1.54, 1.807) is 60.4 Å². The zero-order valence-corrected chi connectivity index (χ0v) is 36.9. The normalized spacial score (nSPS) is 47.5. The molecule has 3 fully saturated rings. The van der Waals surface area contributed by atoms with E-state index in [-0.39, 0.29) is 31.7 Å². The summed E-state index contributed by atoms with van der Waals surface area (Å²) >= 11 is 0. The quantitative estimate of drug-likeness (QED) is 0.153. The molecule has 16 nitrogen and oxygen atoms in total. The Morgan fingerprint density at radius 1 is 0.965 bits per heavy atom. The molecule has 3 aliphatic rings. The van der Waals surface area contributed by atoms with Crippen molar-refractivity contribution in [2.45, 2.75) is 204 Å². The zero-order chi connectivity index (χ0) is 43.5. The lowest BCUT2D eigenvalue weighted by Gasteiger charge is -2.49. The molecule has 0 bridgehead atoms. The maximum Gasteiger partial charge on any atom is 0.311 e. The second-order valence-electron chi connectivity index (χ2n) is 18.4. The Labute approximate surface area is 340 Å². The highest BCUT2D eigenvalue weighted by Gasteiger charge is 2.53. The summed E-state index contributed by atoms with van der Waals surface area (Å²) < 4.78 is 37.7. The van der Waals surface area contributed by atoms with Crippen LogP contribution in [0.3, 0.4) is 0 Å². The first-order valence-electron chi connectivity index (χ1n) is 20.8. The maximum atomic E-state index is 14.3. The average Bonchev–Trinajstić information content (AvgIpc) is 3.12. The van der Waals surface area contributed by atoms with Crippen LogP contribution < -0.4 is 0 Å². The largest absolute Gasteiger partial charge is 0.459 e. The smallest absolute Gasteiger partial charge is 0.311 e. The first-order chi connectivity index (χ1) is 26.2. The topological polar surface area (TPSA) is 221 Å². The molecule has 0 spiro atoms. The van der Waals surface area contributed by atoms with Gasteiger partial charge in [0.2, 0.25) is 0 Å². The maximum absolute atomic E-state index is 14.3. The molecule has 2 unspecified atom stereocenters. The summed E-state index contributed by atoms with van der Waals surface area (Å²) in [5, 5.41) is 79.1. The zero-order valence-electron chi connectivity index (χ0n) is 36.9. The van der Waals surface area contributed by atoms with E-state index in [0.717, 1.165) is 0 Å². The van der Waals surface area contributed by atoms with Gasteiger partial charge in [-0.3, -0.25) is 9.69 Å². The van der Waals surface area contributed by atoms with Crippen molar-refractivity contribution in [3.63, 3.8) is 0 Å². The van der Waals surface area contributed by atoms with Crippen LogP contribution in [0.25, 0.3) is 0 Å². The number of esters is 1. The molecule has 0 aromatic carbocycles. The van der Waals surface area contributed by atoms with Gasteiger partial charge in [0, 0.05) is 44.6 Å². The van der Waals surface area contributed by atoms with Crippen LogP contribution in [0.15, 0.2) is 0 Å². The van der Waals surface area contributed by atoms with Gasteiger partial charge in [-0.25, -0.2) is 0 Å². The highest BCUT2D eigenvalue weighted by Crippen LogP contribution is 2.40. The lowest BCUT2D eigenvalue weighted by atomic mass is 9.77. The number of rotatable bonds is 10. The van der Waals surface area contributed by atoms with Gasteiger partial charge in [0.05, 0.1) is 53.7 Å². The number of cyclic esters (lactones) is 1. The van der Waals surface area contributed by atoms with Gasteiger partial charge in [0.15, 0.2) is 12.6 Å². The Morgan fingerprint density at radius 3 is 2.14 bits per heavy atom. The number of ether oxygens (including phenoxy) is 6. The molecule has 0 aliphatic carbocycles. The number of aliphatic hydroxyl groups excluding tert-OH is 5. The first-order valence-corrected chi connectivity index (χ1v) is 20.8. The van der Waals surface area contributed by atoms with Crippen molar-refractivity contribution in [2.24, 2.45) is 17.8 Å². The molecule has 0 saturated carbocycles. The summed E-state index contributed by atoms with van der Waals surface area (Å²) in [5.74, 6) is -2.83. The minimum absolute atomic E-state index is 0.0740. The van der Waals surface area contributed by atoms with Crippen molar-refractivity contribution in [3.05, 3.63) is 0 Å². The molecular weight excluding hydrogens is 744 g/mol. The fourth-order valence-corrected chi connectivity index (χ4v) is 9.24. The summed E-state index contributed by atoms with van der Waals surface area (Å²) in [5.41, 5.74) is -4.54. The molecule has 57 heavy (non-hydrogen) atoms. The standard InChI is InChI=1S/C41H78N2O14/c1-15-30-41(11,51)34(47)25(6)42(12)19-21(2)17-39(9,50)36(57-38-32(46)28(16-22(3)53-38)43(13)20-29(45)26(7)44)23(4)33(24(5)37(49)55-30)56-31-18-40(10,52-14)35(48)27(8)54-31/h21-36,38,44-48,50-51H,15-20H2,1-14H3/t21-,22-,23+,24-,25-,26?,27+,28+,29?,30-,31+,32-,33+,34-,35+,36-,38+,39-,40-,41-/m1/s1. The number of methoxy groups -OCH3 is 1. The van der Waals surface area contributed by atoms with Crippen LogP contribution in [0, 0.1) is 17.8 Å². The number of carbonyl (C=O) groups is 1. The van der Waals surface area contributed by atoms with Crippen LogP contribution in [0.1, 0.15) is 102 Å². The van der Waals surface area contributed by atoms with Crippen LogP contribution in [-0.2, 0) is 33.2 Å². The van der Waals surface area contributed by atoms with Crippen LogP contribution in [0.4, 0.5) is 0 Å². The van der Waals surface area contributed by atoms with Crippen LogP contribution in [0.5, 0.6) is 0 Å². The van der Waals surface area contributed by atoms with Gasteiger partial charge < -0.3 is 69.1 Å². The van der Waals surface area contributed by atoms with E-state index < -0.39 is 120 Å². The van der Waals surface area contributed by atoms with Crippen LogP contribution in [-0.4, -0.2) is 188 Å². The minimum Gasteiger partial charge on any atom is -0.459 e. The lowest BCUT2D eigenvalue weighted by Crippen LogP contribution is -2.61. The predicted molar refractivity (Wildman–Crippen MR) is 211 cm³/mol. The summed E-state index contributed by atoms with van der Waals surface area (Å²) in [4.78, 5) is 17.9. The first kappa shape index (κ1) is 50.3. The summed E-state index contributed by atoms with van der Waals surface area (Å²) in [6, 6.07) is -1.13. The number of aliphatic hydroxyl groups is 7. The van der Waals surface area contributed by atoms with Gasteiger partial charge in [-0.15, -0.1) is 0 Å². The number of nitrogens with zero attached hydrogens (tertiary/aromatic N) is 2. The number of likely N-dealkylation sites (N-methyl/N-ethyl adjacent to an activating group) is 2. The molecule has 0 aromatic rings. The summed E-state index contributed by atoms with van der Waals surface area (Å²) in [7, 11) is 5.04. The van der Waals surface area contributed by atoms with Crippen molar-refractivity contribution in [1.82, 2.24) is 9.80 Å². The highest BCUT2D eigenvalue weighted by molar-refractivity contribution is 5.73. The molecule has 0 amide bonds. The van der Waals surface area contributed by atoms with Gasteiger partial charge in [-0.2, -0.15) is 0 Å². The highest BCUT2D eigenvalue weighted by atomic mass is 16.7. The Morgan fingerprint density at radius 2 is 1.58 bits per heavy atom. The number of hydrogen-bond acceptors (Lipinski definition) is 16. The van der Waals surface area contributed by atoms with E-state index in [1.807, 2.05) is 25.8 Å². The van der Waals surface area contributed by atoms with E-state index >= 15 is 0 Å². The van der Waals surface area contributed by atoms with Gasteiger partial charge in [-0.05, 0) is 94.7 Å². The molecule has 0 aromatic heterocycles. The molecule has 3 rings (SSSR count). The Kier molecular flexibility index (Phi) is 17.8. The van der Waals surface area contributed by atoms with Gasteiger partial charge in [0.25, 0.3) is 0 Å². The van der Waals surface area contributed by atoms with Crippen molar-refractivity contribution in [2.75, 3.05) is 34.3 Å². The van der Waals surface area contributed by atoms with Gasteiger partial charge in [-0.1, -0.05) is 20.8 Å². The third-order valence-electron chi connectivity index (χ3n) is 13.1. The average molecular weight is 823 g/mol. The van der Waals surface area contributed by atoms with E-state index in [1.165, 1.54) is 21.0 Å². The molecule has 20 atom stereocenters. The fraction of sp³-hybridized carbons (Fsp3) is 0.976. The van der Waals surface area contributed by atoms with Crippen molar-refractivity contribution in [3.8, 4) is 0 Å². The number of hydrogen-bond donors (Lipinski definition) is 7. The van der Waals surface area contributed by atoms with E-state index in [4.69, 9.17) is 28.4 Å². The van der Waals surface area contributed by atoms with E-state index in [2.05, 4.69) is 0 Å². The molecule has 3 saturated heterocycles. The second-order valence-corrected chi connectivity index (χ2v) is 18.4. The Hall–Kier alpha value is -1.09. The molecular formula is C41H78N2O14. The van der Waals surface area contributed by atoms with Crippen LogP contribution >= 0.6 is 0 Å². The van der Waals surface area contributed by atoms with Gasteiger partial charge >= 0.3 is 5.97 Å². The number of carbonyl (C=O) groups excluding carboxylic acids is 1. The van der Waals surface area contributed by atoms with Crippen molar-refractivity contribution < 1.29 is 69.0 Å². The fourth-order valence-electron chi connectivity index (χ4n) is 9.24. The van der Waals surface area contributed by atoms with E-state index in [9.17, 15) is 40.5 Å². The molecule has 3 heterocycles. The van der Waals surface area contributed by atoms with Crippen molar-refractivity contribution in [1.29, 1.82) is 0 Å². The summed E-state index contributed by atoms with van der Waals surface area (Å²) in [6.07, 6.45) is -11.4. The second kappa shape index (κ2) is 20.2. The lowest BCUT2D eigenvalue weighted by molar-refractivity contribution is -0.318. The molecule has 3 aliphatic heterocycles. The molecule has 16 heteroatoms. The third-order valence-corrected chi connectivity index (χ3v) is 13.1. The minimum atomic E-state index is -1.83. The predicted octanol–water partition coefficient (Wildman–Crippen LogP) is 1.01. The summed E-state index contributed by atoms with van der Waals surface area (Å²) in [6.45, 7) is 19.2.